The van der Waals surface area contributed by atoms with Crippen LogP contribution < -0.4 is 10.2 Å². The molecule has 4 rings (SSSR count). The average Bonchev–Trinajstić information content (AvgIpc) is 2.75. The molecule has 9 heteroatoms. The van der Waals surface area contributed by atoms with Gasteiger partial charge in [0.15, 0.2) is 0 Å². The van der Waals surface area contributed by atoms with Crippen LogP contribution in [0.1, 0.15) is 27.6 Å². The fourth-order valence-corrected chi connectivity index (χ4v) is 2.42. The summed E-state index contributed by atoms with van der Waals surface area (Å²) >= 11 is 0. The molecule has 0 aliphatic heterocycles. The summed E-state index contributed by atoms with van der Waals surface area (Å²) in [5.41, 5.74) is 1.84. The molecule has 4 aromatic rings. The Morgan fingerprint density at radius 2 is 1.10 bits per heavy atom. The molecule has 0 bridgehead atoms. The molecule has 0 atom stereocenters. The fraction of sp³-hybridized carbons (Fsp3) is 0.0909. The number of benzene rings is 2. The summed E-state index contributed by atoms with van der Waals surface area (Å²) < 4.78 is 0. The molecule has 3 N–H and O–H groups in total. The van der Waals surface area contributed by atoms with Crippen LogP contribution in [0.4, 0.5) is 0 Å². The number of hydrogen-bond acceptors (Lipinski definition) is 7. The molecule has 0 unspecified atom stereocenters. The van der Waals surface area contributed by atoms with Crippen molar-refractivity contribution in [2.45, 2.75) is 6.92 Å². The van der Waals surface area contributed by atoms with E-state index in [1.807, 2.05) is 12.1 Å². The summed E-state index contributed by atoms with van der Waals surface area (Å²) in [5.74, 6) is -2.67. The molecule has 0 spiro atoms. The first-order valence-electron chi connectivity index (χ1n) is 8.70. The van der Waals surface area contributed by atoms with Crippen molar-refractivity contribution in [3.05, 3.63) is 84.2 Å². The van der Waals surface area contributed by atoms with Crippen LogP contribution in [-0.2, 0) is 17.1 Å². The Balaban J connectivity index is 0.000000493. The number of aromatic carboxylic acids is 2. The molecular weight excluding hydrogens is 452 g/mol. The number of carboxylic acid groups (broad SMARTS) is 2. The van der Waals surface area contributed by atoms with Crippen LogP contribution in [0.2, 0.25) is 0 Å². The van der Waals surface area contributed by atoms with E-state index >= 15 is 0 Å². The van der Waals surface area contributed by atoms with Gasteiger partial charge < -0.3 is 30.4 Å². The van der Waals surface area contributed by atoms with E-state index in [1.54, 1.807) is 19.3 Å². The quantitative estimate of drug-likeness (QED) is 0.326. The molecule has 2 aromatic heterocycles. The third-order valence-corrected chi connectivity index (χ3v) is 3.70. The molecule has 2 heterocycles. The van der Waals surface area contributed by atoms with Crippen molar-refractivity contribution in [1.29, 1.82) is 0 Å². The number of pyridine rings is 2. The van der Waals surface area contributed by atoms with Crippen molar-refractivity contribution in [2.24, 2.45) is 0 Å². The summed E-state index contributed by atoms with van der Waals surface area (Å²) in [6, 6.07) is 16.8. The first-order chi connectivity index (χ1) is 14.0. The Hall–Kier alpha value is -3.36. The van der Waals surface area contributed by atoms with Crippen LogP contribution in [0.15, 0.2) is 73.1 Å². The van der Waals surface area contributed by atoms with E-state index in [1.165, 1.54) is 0 Å². The van der Waals surface area contributed by atoms with Crippen molar-refractivity contribution < 1.29 is 47.5 Å². The zero-order chi connectivity index (χ0) is 21.2. The maximum atomic E-state index is 10.2. The van der Waals surface area contributed by atoms with Crippen LogP contribution in [-0.4, -0.2) is 39.1 Å². The minimum absolute atomic E-state index is 0. The van der Waals surface area contributed by atoms with Crippen molar-refractivity contribution in [3.8, 4) is 0 Å². The third-order valence-electron chi connectivity index (χ3n) is 3.70. The van der Waals surface area contributed by atoms with E-state index in [0.717, 1.165) is 46.1 Å². The number of hydrogen-bond donors (Lipinski definition) is 1. The van der Waals surface area contributed by atoms with E-state index in [-0.39, 0.29) is 40.3 Å². The Morgan fingerprint density at radius 1 is 0.774 bits per heavy atom. The summed E-state index contributed by atoms with van der Waals surface area (Å²) in [6.45, 7) is 1.93. The van der Waals surface area contributed by atoms with Crippen LogP contribution in [0.25, 0.3) is 21.8 Å². The summed E-state index contributed by atoms with van der Waals surface area (Å²) in [6.07, 6.45) is 3.60. The maximum Gasteiger partial charge on any atom is 2.00 e. The number of rotatable bonds is 2. The predicted octanol–water partition coefficient (Wildman–Crippen LogP) is 0.368. The molecule has 0 saturated heterocycles. The van der Waals surface area contributed by atoms with Gasteiger partial charge >= 0.3 is 17.1 Å². The molecule has 1 radical (unpaired) electrons. The van der Waals surface area contributed by atoms with Gasteiger partial charge in [0.1, 0.15) is 0 Å². The van der Waals surface area contributed by atoms with Crippen molar-refractivity contribution in [3.63, 3.8) is 0 Å². The first-order valence-corrected chi connectivity index (χ1v) is 8.70. The molecule has 0 aliphatic carbocycles. The zero-order valence-electron chi connectivity index (χ0n) is 16.4. The second-order valence-electron chi connectivity index (χ2n) is 5.68. The average molecular weight is 472 g/mol. The van der Waals surface area contributed by atoms with E-state index in [2.05, 4.69) is 34.2 Å². The standard InChI is InChI=1S/C12H8N2.C8H6O4.C2H6O.Cu.H2O/c1-3-9-5-6-10-4-2-8-14-12(10)11(9)13-7-1;9-7(10)5-1-2-6(4-3-5)8(11)12;1-2-3;;/h1-8H;1-4H,(H,9,10)(H,11,12);3H,2H2,1H3;;1H2/q;;;+2;/p-2. The molecule has 165 valence electrons. The van der Waals surface area contributed by atoms with Crippen LogP contribution in [0.5, 0.6) is 0 Å². The molecule has 8 nitrogen and oxygen atoms in total. The van der Waals surface area contributed by atoms with Crippen LogP contribution in [0.3, 0.4) is 0 Å². The van der Waals surface area contributed by atoms with Gasteiger partial charge in [-0.25, -0.2) is 0 Å². The van der Waals surface area contributed by atoms with Crippen molar-refractivity contribution in [1.82, 2.24) is 9.97 Å². The summed E-state index contributed by atoms with van der Waals surface area (Å²) in [4.78, 5) is 29.1. The van der Waals surface area contributed by atoms with E-state index in [9.17, 15) is 19.8 Å². The second-order valence-corrected chi connectivity index (χ2v) is 5.68. The molecule has 0 saturated carbocycles. The van der Waals surface area contributed by atoms with Gasteiger partial charge in [-0.2, -0.15) is 0 Å². The minimum atomic E-state index is -1.33. The van der Waals surface area contributed by atoms with E-state index in [4.69, 9.17) is 5.11 Å². The Bertz CT molecular complexity index is 1030. The van der Waals surface area contributed by atoms with Gasteiger partial charge in [-0.05, 0) is 30.2 Å². The molecule has 2 aromatic carbocycles. The normalized spacial score (nSPS) is 9.10. The van der Waals surface area contributed by atoms with Gasteiger partial charge in [0.25, 0.3) is 0 Å². The second kappa shape index (κ2) is 13.8. The number of aromatic nitrogens is 2. The van der Waals surface area contributed by atoms with Crippen molar-refractivity contribution >= 4 is 33.7 Å². The Labute approximate surface area is 189 Å². The Kier molecular flexibility index (Phi) is 12.3. The molecule has 0 amide bonds. The number of aliphatic hydroxyl groups is 1. The van der Waals surface area contributed by atoms with Crippen molar-refractivity contribution in [2.75, 3.05) is 6.61 Å². The third kappa shape index (κ3) is 7.76. The minimum Gasteiger partial charge on any atom is -0.545 e. The monoisotopic (exact) mass is 471 g/mol. The number of aliphatic hydroxyl groups excluding tert-OH is 1. The number of carboxylic acids is 2. The predicted molar refractivity (Wildman–Crippen MR) is 109 cm³/mol. The topological polar surface area (TPSA) is 158 Å². The van der Waals surface area contributed by atoms with Gasteiger partial charge in [0, 0.05) is 29.8 Å². The maximum absolute atomic E-state index is 10.2. The van der Waals surface area contributed by atoms with Gasteiger partial charge in [0.2, 0.25) is 0 Å². The number of carbonyl (C=O) groups excluding carboxylic acids is 2. The number of fused-ring (bicyclic) bond motifs is 3. The Morgan fingerprint density at radius 3 is 1.39 bits per heavy atom. The summed E-state index contributed by atoms with van der Waals surface area (Å²) in [5, 5.41) is 30.3. The molecule has 31 heavy (non-hydrogen) atoms. The van der Waals surface area contributed by atoms with Gasteiger partial charge in [0.05, 0.1) is 23.0 Å². The van der Waals surface area contributed by atoms with Gasteiger partial charge in [-0.3, -0.25) is 9.97 Å². The summed E-state index contributed by atoms with van der Waals surface area (Å²) in [7, 11) is 0. The SMILES string of the molecule is CCO.O.O=C([O-])c1ccc(C(=O)[O-])cc1.[Cu+2].c1cnc2c(c1)ccc1cccnc12. The molecular formula is C22H20CuN2O6. The smallest absolute Gasteiger partial charge is 0.545 e. The largest absolute Gasteiger partial charge is 2.00 e. The first kappa shape index (κ1) is 27.6. The van der Waals surface area contributed by atoms with Gasteiger partial charge in [-0.15, -0.1) is 0 Å². The molecule has 0 fully saturated rings. The number of nitrogens with zero attached hydrogens (tertiary/aromatic N) is 2. The van der Waals surface area contributed by atoms with Crippen LogP contribution >= 0.6 is 0 Å². The van der Waals surface area contributed by atoms with E-state index in [0.29, 0.717) is 0 Å². The number of carbonyl (C=O) groups is 2. The zero-order valence-corrected chi connectivity index (χ0v) is 17.4. The van der Waals surface area contributed by atoms with Gasteiger partial charge in [-0.1, -0.05) is 48.5 Å². The molecule has 0 aliphatic rings. The fourth-order valence-electron chi connectivity index (χ4n) is 2.42. The van der Waals surface area contributed by atoms with E-state index < -0.39 is 11.9 Å². The van der Waals surface area contributed by atoms with Crippen LogP contribution in [0, 0.1) is 0 Å².